The quantitative estimate of drug-likeness (QED) is 0.915. The highest BCUT2D eigenvalue weighted by molar-refractivity contribution is 6.09. The minimum atomic E-state index is -0.473. The van der Waals surface area contributed by atoms with E-state index in [-0.39, 0.29) is 17.5 Å². The van der Waals surface area contributed by atoms with E-state index in [0.29, 0.717) is 11.3 Å². The first-order chi connectivity index (χ1) is 12.1. The van der Waals surface area contributed by atoms with Crippen molar-refractivity contribution in [1.82, 2.24) is 4.90 Å². The van der Waals surface area contributed by atoms with Crippen molar-refractivity contribution < 1.29 is 14.0 Å². The van der Waals surface area contributed by atoms with Crippen LogP contribution in [0.3, 0.4) is 0 Å². The third-order valence-electron chi connectivity index (χ3n) is 4.56. The van der Waals surface area contributed by atoms with Gasteiger partial charge in [-0.3, -0.25) is 9.59 Å². The fourth-order valence-electron chi connectivity index (χ4n) is 3.16. The third-order valence-corrected chi connectivity index (χ3v) is 4.56. The summed E-state index contributed by atoms with van der Waals surface area (Å²) in [6, 6.07) is 12.6. The van der Waals surface area contributed by atoms with Gasteiger partial charge < -0.3 is 10.2 Å². The van der Waals surface area contributed by atoms with E-state index in [1.807, 2.05) is 11.8 Å². The van der Waals surface area contributed by atoms with E-state index in [1.165, 1.54) is 24.3 Å². The van der Waals surface area contributed by atoms with E-state index < -0.39 is 11.7 Å². The van der Waals surface area contributed by atoms with Crippen molar-refractivity contribution in [2.45, 2.75) is 32.2 Å². The Balaban J connectivity index is 1.83. The van der Waals surface area contributed by atoms with Crippen LogP contribution in [0.1, 0.15) is 46.9 Å². The molecule has 1 aliphatic rings. The maximum absolute atomic E-state index is 13.3. The van der Waals surface area contributed by atoms with Gasteiger partial charge in [0.1, 0.15) is 5.82 Å². The van der Waals surface area contributed by atoms with Gasteiger partial charge in [0.15, 0.2) is 0 Å². The second-order valence-electron chi connectivity index (χ2n) is 6.35. The zero-order chi connectivity index (χ0) is 17.8. The summed E-state index contributed by atoms with van der Waals surface area (Å²) in [4.78, 5) is 27.2. The minimum Gasteiger partial charge on any atom is -0.336 e. The number of hydrogen-bond donors (Lipinski definition) is 1. The molecule has 2 amide bonds. The summed E-state index contributed by atoms with van der Waals surface area (Å²) >= 11 is 0. The molecule has 0 radical (unpaired) electrons. The van der Waals surface area contributed by atoms with Crippen LogP contribution in [0, 0.1) is 5.82 Å². The van der Waals surface area contributed by atoms with Crippen LogP contribution in [0.25, 0.3) is 0 Å². The molecule has 2 aromatic carbocycles. The lowest BCUT2D eigenvalue weighted by Gasteiger charge is -2.33. The standard InChI is InChI=1S/C20H21FN2O2/c1-14-7-4-5-12-23(14)20(25)17-10-2-3-11-18(17)22-19(24)15-8-6-9-16(21)13-15/h2-3,6,8-11,13-14H,4-5,7,12H2,1H3,(H,22,24). The molecule has 1 N–H and O–H groups in total. The van der Waals surface area contributed by atoms with Gasteiger partial charge >= 0.3 is 0 Å². The Bertz CT molecular complexity index is 791. The summed E-state index contributed by atoms with van der Waals surface area (Å²) in [6.45, 7) is 2.77. The number of nitrogens with zero attached hydrogens (tertiary/aromatic N) is 1. The normalized spacial score (nSPS) is 17.2. The van der Waals surface area contributed by atoms with Crippen LogP contribution in [0.15, 0.2) is 48.5 Å². The summed E-state index contributed by atoms with van der Waals surface area (Å²) in [6.07, 6.45) is 3.11. The monoisotopic (exact) mass is 340 g/mol. The number of likely N-dealkylation sites (tertiary alicyclic amines) is 1. The molecule has 0 aromatic heterocycles. The van der Waals surface area contributed by atoms with Crippen LogP contribution in [0.2, 0.25) is 0 Å². The van der Waals surface area contributed by atoms with E-state index in [0.717, 1.165) is 25.8 Å². The molecular weight excluding hydrogens is 319 g/mol. The number of anilines is 1. The summed E-state index contributed by atoms with van der Waals surface area (Å²) in [5.41, 5.74) is 1.12. The second-order valence-corrected chi connectivity index (χ2v) is 6.35. The van der Waals surface area contributed by atoms with Crippen molar-refractivity contribution in [1.29, 1.82) is 0 Å². The lowest BCUT2D eigenvalue weighted by molar-refractivity contribution is 0.0636. The third kappa shape index (κ3) is 3.87. The summed E-state index contributed by atoms with van der Waals surface area (Å²) in [5.74, 6) is -0.993. The number of amides is 2. The molecule has 130 valence electrons. The maximum Gasteiger partial charge on any atom is 0.256 e. The molecule has 1 aliphatic heterocycles. The number of rotatable bonds is 3. The van der Waals surface area contributed by atoms with Crippen LogP contribution in [0.4, 0.5) is 10.1 Å². The maximum atomic E-state index is 13.3. The van der Waals surface area contributed by atoms with E-state index in [4.69, 9.17) is 0 Å². The number of halogens is 1. The first-order valence-corrected chi connectivity index (χ1v) is 8.53. The van der Waals surface area contributed by atoms with Crippen molar-refractivity contribution in [3.8, 4) is 0 Å². The highest BCUT2D eigenvalue weighted by atomic mass is 19.1. The zero-order valence-corrected chi connectivity index (χ0v) is 14.2. The van der Waals surface area contributed by atoms with Gasteiger partial charge in [-0.15, -0.1) is 0 Å². The zero-order valence-electron chi connectivity index (χ0n) is 14.2. The Kier molecular flexibility index (Phi) is 5.12. The van der Waals surface area contributed by atoms with Gasteiger partial charge in [0.05, 0.1) is 11.3 Å². The summed E-state index contributed by atoms with van der Waals surface area (Å²) < 4.78 is 13.3. The molecule has 5 heteroatoms. The van der Waals surface area contributed by atoms with Gasteiger partial charge in [0.2, 0.25) is 0 Å². The average molecular weight is 340 g/mol. The Morgan fingerprint density at radius 3 is 2.68 bits per heavy atom. The molecule has 0 aliphatic carbocycles. The molecule has 1 saturated heterocycles. The number of carbonyl (C=O) groups excluding carboxylic acids is 2. The minimum absolute atomic E-state index is 0.0812. The van der Waals surface area contributed by atoms with E-state index >= 15 is 0 Å². The summed E-state index contributed by atoms with van der Waals surface area (Å²) in [5, 5.41) is 2.74. The van der Waals surface area contributed by atoms with Gasteiger partial charge in [0, 0.05) is 18.2 Å². The predicted octanol–water partition coefficient (Wildman–Crippen LogP) is 4.09. The van der Waals surface area contributed by atoms with Crippen LogP contribution in [-0.4, -0.2) is 29.3 Å². The van der Waals surface area contributed by atoms with Crippen LogP contribution in [0.5, 0.6) is 0 Å². The highest BCUT2D eigenvalue weighted by Crippen LogP contribution is 2.23. The van der Waals surface area contributed by atoms with Crippen molar-refractivity contribution in [2.24, 2.45) is 0 Å². The SMILES string of the molecule is CC1CCCCN1C(=O)c1ccccc1NC(=O)c1cccc(F)c1. The van der Waals surface area contributed by atoms with Crippen molar-refractivity contribution in [3.63, 3.8) is 0 Å². The molecule has 0 spiro atoms. The number of carbonyl (C=O) groups is 2. The number of para-hydroxylation sites is 1. The molecule has 25 heavy (non-hydrogen) atoms. The van der Waals surface area contributed by atoms with E-state index in [1.54, 1.807) is 24.3 Å². The first kappa shape index (κ1) is 17.1. The molecular formula is C20H21FN2O2. The van der Waals surface area contributed by atoms with Crippen LogP contribution in [-0.2, 0) is 0 Å². The molecule has 0 bridgehead atoms. The Morgan fingerprint density at radius 2 is 1.92 bits per heavy atom. The van der Waals surface area contributed by atoms with Crippen molar-refractivity contribution in [3.05, 3.63) is 65.5 Å². The van der Waals surface area contributed by atoms with E-state index in [2.05, 4.69) is 5.32 Å². The fourth-order valence-corrected chi connectivity index (χ4v) is 3.16. The largest absolute Gasteiger partial charge is 0.336 e. The van der Waals surface area contributed by atoms with Gasteiger partial charge in [-0.2, -0.15) is 0 Å². The van der Waals surface area contributed by atoms with Gasteiger partial charge in [0.25, 0.3) is 11.8 Å². The van der Waals surface area contributed by atoms with Gasteiger partial charge in [-0.25, -0.2) is 4.39 Å². The fraction of sp³-hybridized carbons (Fsp3) is 0.300. The second kappa shape index (κ2) is 7.47. The number of piperidine rings is 1. The lowest BCUT2D eigenvalue weighted by atomic mass is 10.0. The molecule has 4 nitrogen and oxygen atoms in total. The number of nitrogens with one attached hydrogen (secondary N) is 1. The van der Waals surface area contributed by atoms with E-state index in [9.17, 15) is 14.0 Å². The Morgan fingerprint density at radius 1 is 1.12 bits per heavy atom. The molecule has 1 atom stereocenters. The van der Waals surface area contributed by atoms with Gasteiger partial charge in [-0.1, -0.05) is 18.2 Å². The predicted molar refractivity (Wildman–Crippen MR) is 95.1 cm³/mol. The number of hydrogen-bond acceptors (Lipinski definition) is 2. The average Bonchev–Trinajstić information content (AvgIpc) is 2.62. The first-order valence-electron chi connectivity index (χ1n) is 8.53. The topological polar surface area (TPSA) is 49.4 Å². The molecule has 2 aromatic rings. The summed E-state index contributed by atoms with van der Waals surface area (Å²) in [7, 11) is 0. The molecule has 3 rings (SSSR count). The Labute approximate surface area is 146 Å². The Hall–Kier alpha value is -2.69. The van der Waals surface area contributed by atoms with Crippen molar-refractivity contribution in [2.75, 3.05) is 11.9 Å². The molecule has 1 unspecified atom stereocenters. The number of benzene rings is 2. The lowest BCUT2D eigenvalue weighted by Crippen LogP contribution is -2.42. The van der Waals surface area contributed by atoms with Crippen LogP contribution < -0.4 is 5.32 Å². The highest BCUT2D eigenvalue weighted by Gasteiger charge is 2.26. The molecule has 1 fully saturated rings. The van der Waals surface area contributed by atoms with Crippen molar-refractivity contribution >= 4 is 17.5 Å². The smallest absolute Gasteiger partial charge is 0.256 e. The van der Waals surface area contributed by atoms with Gasteiger partial charge in [-0.05, 0) is 56.5 Å². The molecule has 0 saturated carbocycles. The molecule has 1 heterocycles. The van der Waals surface area contributed by atoms with Crippen LogP contribution >= 0.6 is 0 Å².